The first-order valence-corrected chi connectivity index (χ1v) is 7.04. The minimum atomic E-state index is -0.888. The van der Waals surface area contributed by atoms with E-state index in [1.54, 1.807) is 0 Å². The van der Waals surface area contributed by atoms with Gasteiger partial charge in [-0.3, -0.25) is 9.59 Å². The van der Waals surface area contributed by atoms with Crippen molar-refractivity contribution in [2.45, 2.75) is 46.1 Å². The molecule has 0 aliphatic heterocycles. The number of hydrogen-bond donors (Lipinski definition) is 3. The summed E-state index contributed by atoms with van der Waals surface area (Å²) in [7, 11) is 0. The number of aliphatic hydroxyl groups excluding tert-OH is 1. The van der Waals surface area contributed by atoms with Crippen LogP contribution < -0.4 is 5.32 Å². The van der Waals surface area contributed by atoms with Crippen molar-refractivity contribution in [2.24, 2.45) is 23.7 Å². The Morgan fingerprint density at radius 1 is 1.26 bits per heavy atom. The van der Waals surface area contributed by atoms with Crippen molar-refractivity contribution in [3.05, 3.63) is 0 Å². The molecule has 0 bridgehead atoms. The summed E-state index contributed by atoms with van der Waals surface area (Å²) in [6.07, 6.45) is 2.12. The number of aliphatic carboxylic acids is 1. The van der Waals surface area contributed by atoms with Gasteiger partial charge >= 0.3 is 5.97 Å². The van der Waals surface area contributed by atoms with Crippen molar-refractivity contribution in [1.82, 2.24) is 5.32 Å². The van der Waals surface area contributed by atoms with E-state index in [1.807, 2.05) is 20.8 Å². The molecule has 0 aromatic carbocycles. The predicted octanol–water partition coefficient (Wildman–Crippen LogP) is 1.26. The lowest BCUT2D eigenvalue weighted by Crippen LogP contribution is -2.45. The number of amides is 1. The molecule has 0 aromatic heterocycles. The third kappa shape index (κ3) is 3.93. The average molecular weight is 271 g/mol. The molecular weight excluding hydrogens is 246 g/mol. The van der Waals surface area contributed by atoms with Crippen LogP contribution in [0.1, 0.15) is 40.0 Å². The maximum atomic E-state index is 12.2. The van der Waals surface area contributed by atoms with E-state index in [4.69, 9.17) is 0 Å². The van der Waals surface area contributed by atoms with Crippen molar-refractivity contribution in [1.29, 1.82) is 0 Å². The van der Waals surface area contributed by atoms with Gasteiger partial charge in [0.25, 0.3) is 0 Å². The third-order valence-electron chi connectivity index (χ3n) is 4.22. The molecule has 5 heteroatoms. The fourth-order valence-corrected chi connectivity index (χ4v) is 2.75. The summed E-state index contributed by atoms with van der Waals surface area (Å²) in [6.45, 7) is 5.73. The fourth-order valence-electron chi connectivity index (χ4n) is 2.75. The zero-order chi connectivity index (χ0) is 14.6. The maximum absolute atomic E-state index is 12.2. The topological polar surface area (TPSA) is 86.6 Å². The van der Waals surface area contributed by atoms with Crippen LogP contribution in [0.2, 0.25) is 0 Å². The highest BCUT2D eigenvalue weighted by Gasteiger charge is 2.42. The largest absolute Gasteiger partial charge is 0.481 e. The summed E-state index contributed by atoms with van der Waals surface area (Å²) in [5, 5.41) is 21.2. The highest BCUT2D eigenvalue weighted by atomic mass is 16.4. The van der Waals surface area contributed by atoms with E-state index in [9.17, 15) is 19.8 Å². The lowest BCUT2D eigenvalue weighted by atomic mass is 9.94. The van der Waals surface area contributed by atoms with Gasteiger partial charge < -0.3 is 15.5 Å². The number of carboxylic acid groups (broad SMARTS) is 1. The molecule has 110 valence electrons. The number of carboxylic acids is 1. The van der Waals surface area contributed by atoms with E-state index in [2.05, 4.69) is 5.32 Å². The maximum Gasteiger partial charge on any atom is 0.307 e. The van der Waals surface area contributed by atoms with Gasteiger partial charge in [0.15, 0.2) is 0 Å². The van der Waals surface area contributed by atoms with Crippen molar-refractivity contribution >= 4 is 11.9 Å². The van der Waals surface area contributed by atoms with Crippen LogP contribution in [0.4, 0.5) is 0 Å². The fraction of sp³-hybridized carbons (Fsp3) is 0.857. The molecule has 19 heavy (non-hydrogen) atoms. The minimum Gasteiger partial charge on any atom is -0.481 e. The first-order valence-electron chi connectivity index (χ1n) is 7.04. The number of nitrogens with one attached hydrogen (secondary N) is 1. The van der Waals surface area contributed by atoms with Gasteiger partial charge in [0, 0.05) is 0 Å². The zero-order valence-corrected chi connectivity index (χ0v) is 11.9. The normalized spacial score (nSPS) is 28.4. The molecule has 0 aromatic rings. The Morgan fingerprint density at radius 2 is 1.84 bits per heavy atom. The Bertz CT molecular complexity index is 329. The van der Waals surface area contributed by atoms with E-state index < -0.39 is 17.8 Å². The Labute approximate surface area is 114 Å². The van der Waals surface area contributed by atoms with Gasteiger partial charge in [-0.1, -0.05) is 27.2 Å². The summed E-state index contributed by atoms with van der Waals surface area (Å²) in [5.74, 6) is -1.73. The first-order chi connectivity index (χ1) is 8.90. The average Bonchev–Trinajstić information content (AvgIpc) is 2.79. The van der Waals surface area contributed by atoms with Gasteiger partial charge in [-0.25, -0.2) is 0 Å². The molecular formula is C14H25NO4. The van der Waals surface area contributed by atoms with Crippen LogP contribution in [-0.4, -0.2) is 34.7 Å². The number of carbonyl (C=O) groups excluding carboxylic acids is 1. The molecule has 1 amide bonds. The molecule has 0 spiro atoms. The van der Waals surface area contributed by atoms with Crippen LogP contribution in [0.15, 0.2) is 0 Å². The highest BCUT2D eigenvalue weighted by Crippen LogP contribution is 2.38. The van der Waals surface area contributed by atoms with E-state index in [-0.39, 0.29) is 24.5 Å². The Morgan fingerprint density at radius 3 is 2.26 bits per heavy atom. The summed E-state index contributed by atoms with van der Waals surface area (Å²) < 4.78 is 0. The quantitative estimate of drug-likeness (QED) is 0.678. The summed E-state index contributed by atoms with van der Waals surface area (Å²) in [5.41, 5.74) is 0. The SMILES string of the molecule is CCC1C[C@H](C(=O)N[C@H](CO)C(C)C)[C@H](C(=O)O)C1. The molecule has 5 nitrogen and oxygen atoms in total. The van der Waals surface area contributed by atoms with Gasteiger partial charge in [-0.05, 0) is 24.7 Å². The second-order valence-electron chi connectivity index (χ2n) is 5.84. The number of aliphatic hydroxyl groups is 1. The molecule has 1 saturated carbocycles. The molecule has 4 atom stereocenters. The predicted molar refractivity (Wildman–Crippen MR) is 71.5 cm³/mol. The molecule has 0 saturated heterocycles. The second-order valence-corrected chi connectivity index (χ2v) is 5.84. The van der Waals surface area contributed by atoms with Crippen molar-refractivity contribution in [3.63, 3.8) is 0 Å². The van der Waals surface area contributed by atoms with E-state index in [0.29, 0.717) is 18.8 Å². The summed E-state index contributed by atoms with van der Waals surface area (Å²) >= 11 is 0. The number of hydrogen-bond acceptors (Lipinski definition) is 3. The zero-order valence-electron chi connectivity index (χ0n) is 11.9. The summed E-state index contributed by atoms with van der Waals surface area (Å²) in [6, 6.07) is -0.303. The van der Waals surface area contributed by atoms with Gasteiger partial charge in [-0.2, -0.15) is 0 Å². The molecule has 1 rings (SSSR count). The molecule has 0 heterocycles. The van der Waals surface area contributed by atoms with Crippen LogP contribution in [0, 0.1) is 23.7 Å². The lowest BCUT2D eigenvalue weighted by molar-refractivity contribution is -0.146. The number of carbonyl (C=O) groups is 2. The molecule has 0 radical (unpaired) electrons. The Kier molecular flexibility index (Phi) is 5.79. The van der Waals surface area contributed by atoms with E-state index in [1.165, 1.54) is 0 Å². The second kappa shape index (κ2) is 6.89. The van der Waals surface area contributed by atoms with Crippen LogP contribution in [0.3, 0.4) is 0 Å². The Hall–Kier alpha value is -1.10. The first kappa shape index (κ1) is 16.0. The van der Waals surface area contributed by atoms with Crippen LogP contribution in [0.25, 0.3) is 0 Å². The highest BCUT2D eigenvalue weighted by molar-refractivity contribution is 5.85. The van der Waals surface area contributed by atoms with Crippen LogP contribution >= 0.6 is 0 Å². The molecule has 1 aliphatic rings. The van der Waals surface area contributed by atoms with Gasteiger partial charge in [0.2, 0.25) is 5.91 Å². The smallest absolute Gasteiger partial charge is 0.307 e. The van der Waals surface area contributed by atoms with Crippen molar-refractivity contribution in [2.75, 3.05) is 6.61 Å². The molecule has 3 N–H and O–H groups in total. The number of rotatable bonds is 6. The van der Waals surface area contributed by atoms with Crippen molar-refractivity contribution in [3.8, 4) is 0 Å². The third-order valence-corrected chi connectivity index (χ3v) is 4.22. The Balaban J connectivity index is 2.71. The molecule has 1 aliphatic carbocycles. The standard InChI is InChI=1S/C14H25NO4/c1-4-9-5-10(11(6-9)14(18)19)13(17)15-12(7-16)8(2)3/h8-12,16H,4-7H2,1-3H3,(H,15,17)(H,18,19)/t9?,10-,11+,12+/m0/s1. The van der Waals surface area contributed by atoms with E-state index >= 15 is 0 Å². The van der Waals surface area contributed by atoms with E-state index in [0.717, 1.165) is 6.42 Å². The lowest BCUT2D eigenvalue weighted by Gasteiger charge is -2.23. The molecule has 1 fully saturated rings. The van der Waals surface area contributed by atoms with Gasteiger partial charge in [-0.15, -0.1) is 0 Å². The van der Waals surface area contributed by atoms with Crippen LogP contribution in [0.5, 0.6) is 0 Å². The monoisotopic (exact) mass is 271 g/mol. The van der Waals surface area contributed by atoms with Crippen LogP contribution in [-0.2, 0) is 9.59 Å². The van der Waals surface area contributed by atoms with Gasteiger partial charge in [0.05, 0.1) is 24.5 Å². The molecule has 1 unspecified atom stereocenters. The minimum absolute atomic E-state index is 0.120. The van der Waals surface area contributed by atoms with Gasteiger partial charge in [0.1, 0.15) is 0 Å². The summed E-state index contributed by atoms with van der Waals surface area (Å²) in [4.78, 5) is 23.4. The van der Waals surface area contributed by atoms with Crippen molar-refractivity contribution < 1.29 is 19.8 Å².